The Labute approximate surface area is 220 Å². The van der Waals surface area contributed by atoms with E-state index in [1.807, 2.05) is 0 Å². The molecule has 33 heavy (non-hydrogen) atoms. The molecule has 0 aliphatic heterocycles. The third-order valence-electron chi connectivity index (χ3n) is 5.18. The number of hydrogen-bond donors (Lipinski definition) is 2. The zero-order valence-corrected chi connectivity index (χ0v) is 21.0. The second-order valence-electron chi connectivity index (χ2n) is 7.45. The molecule has 4 rings (SSSR count). The largest absolute Gasteiger partial charge is 0.326 e. The molecule has 2 atom stereocenters. The van der Waals surface area contributed by atoms with Crippen molar-refractivity contribution in [1.29, 1.82) is 0 Å². The van der Waals surface area contributed by atoms with Crippen LogP contribution in [0.5, 0.6) is 0 Å². The van der Waals surface area contributed by atoms with Gasteiger partial charge in [-0.2, -0.15) is 0 Å². The monoisotopic (exact) mass is 560 g/mol. The predicted molar refractivity (Wildman–Crippen MR) is 137 cm³/mol. The van der Waals surface area contributed by atoms with Gasteiger partial charge in [-0.15, -0.1) is 23.2 Å². The van der Waals surface area contributed by atoms with E-state index in [9.17, 15) is 9.59 Å². The summed E-state index contributed by atoms with van der Waals surface area (Å²) in [5.74, 6) is -2.13. The first-order valence-electron chi connectivity index (χ1n) is 9.58. The van der Waals surface area contributed by atoms with Crippen LogP contribution in [0.2, 0.25) is 20.1 Å². The fraction of sp³-hybridized carbons (Fsp3) is 0.130. The van der Waals surface area contributed by atoms with E-state index in [2.05, 4.69) is 10.6 Å². The zero-order valence-electron chi connectivity index (χ0n) is 16.5. The van der Waals surface area contributed by atoms with Crippen LogP contribution in [-0.4, -0.2) is 16.1 Å². The fourth-order valence-electron chi connectivity index (χ4n) is 3.57. The Hall–Kier alpha value is -1.66. The van der Waals surface area contributed by atoms with Gasteiger partial charge in [0, 0.05) is 21.7 Å². The van der Waals surface area contributed by atoms with E-state index in [0.717, 1.165) is 0 Å². The van der Waals surface area contributed by atoms with Crippen molar-refractivity contribution in [2.45, 2.75) is 10.3 Å². The van der Waals surface area contributed by atoms with Gasteiger partial charge < -0.3 is 10.6 Å². The van der Waals surface area contributed by atoms with E-state index in [4.69, 9.17) is 69.6 Å². The summed E-state index contributed by atoms with van der Waals surface area (Å²) in [5, 5.41) is 6.87. The summed E-state index contributed by atoms with van der Waals surface area (Å²) < 4.78 is -1.32. The van der Waals surface area contributed by atoms with Crippen LogP contribution in [0.25, 0.3) is 0 Å². The highest BCUT2D eigenvalue weighted by Crippen LogP contribution is 2.65. The molecular formula is C23H14Cl6N2O2. The maximum absolute atomic E-state index is 12.9. The molecule has 0 bridgehead atoms. The molecular weight excluding hydrogens is 549 g/mol. The molecule has 3 aromatic carbocycles. The molecule has 3 aromatic rings. The molecule has 0 unspecified atom stereocenters. The number of nitrogens with one attached hydrogen (secondary N) is 2. The Morgan fingerprint density at radius 3 is 2.12 bits per heavy atom. The number of carbonyl (C=O) groups excluding carboxylic acids is 2. The molecule has 0 aromatic heterocycles. The maximum atomic E-state index is 12.9. The van der Waals surface area contributed by atoms with Gasteiger partial charge in [0.15, 0.2) is 0 Å². The number of alkyl halides is 2. The predicted octanol–water partition coefficient (Wildman–Crippen LogP) is 8.08. The lowest BCUT2D eigenvalue weighted by Crippen LogP contribution is -2.18. The summed E-state index contributed by atoms with van der Waals surface area (Å²) in [6, 6.07) is 16.3. The Morgan fingerprint density at radius 1 is 0.788 bits per heavy atom. The van der Waals surface area contributed by atoms with Crippen molar-refractivity contribution >= 4 is 92.8 Å². The van der Waals surface area contributed by atoms with E-state index < -0.39 is 28.0 Å². The number of anilines is 2. The molecule has 1 saturated carbocycles. The van der Waals surface area contributed by atoms with Crippen molar-refractivity contribution in [3.8, 4) is 0 Å². The van der Waals surface area contributed by atoms with Crippen molar-refractivity contribution < 1.29 is 9.59 Å². The molecule has 0 heterocycles. The minimum atomic E-state index is -1.32. The van der Waals surface area contributed by atoms with Crippen LogP contribution in [0.1, 0.15) is 21.8 Å². The Kier molecular flexibility index (Phi) is 7.07. The van der Waals surface area contributed by atoms with Crippen molar-refractivity contribution in [3.63, 3.8) is 0 Å². The third-order valence-corrected chi connectivity index (χ3v) is 7.22. The minimum Gasteiger partial charge on any atom is -0.326 e. The van der Waals surface area contributed by atoms with Crippen molar-refractivity contribution in [2.24, 2.45) is 5.92 Å². The van der Waals surface area contributed by atoms with E-state index in [0.29, 0.717) is 32.0 Å². The number of rotatable bonds is 5. The first kappa shape index (κ1) is 24.5. The Balaban J connectivity index is 1.52. The lowest BCUT2D eigenvalue weighted by Gasteiger charge is -2.11. The number of amides is 2. The SMILES string of the molecule is O=C(Nc1ccccc1Cl)c1cc(NC(=O)[C@@H]2[C@@H](c3cc(Cl)cc(Cl)c3)C2(Cl)Cl)ccc1Cl. The molecule has 4 nitrogen and oxygen atoms in total. The van der Waals surface area contributed by atoms with Gasteiger partial charge in [0.1, 0.15) is 4.33 Å². The van der Waals surface area contributed by atoms with Gasteiger partial charge >= 0.3 is 0 Å². The fourth-order valence-corrected chi connectivity index (χ4v) is 5.33. The van der Waals surface area contributed by atoms with E-state index in [1.54, 1.807) is 48.5 Å². The topological polar surface area (TPSA) is 58.2 Å². The first-order chi connectivity index (χ1) is 15.6. The highest BCUT2D eigenvalue weighted by atomic mass is 35.5. The zero-order chi connectivity index (χ0) is 23.9. The summed E-state index contributed by atoms with van der Waals surface area (Å²) in [7, 11) is 0. The van der Waals surface area contributed by atoms with Gasteiger partial charge in [0.25, 0.3) is 5.91 Å². The molecule has 1 aliphatic carbocycles. The summed E-state index contributed by atoms with van der Waals surface area (Å²) >= 11 is 37.3. The highest BCUT2D eigenvalue weighted by Gasteiger charge is 2.67. The second kappa shape index (κ2) is 9.53. The molecule has 1 aliphatic rings. The first-order valence-corrected chi connectivity index (χ1v) is 11.8. The van der Waals surface area contributed by atoms with Crippen LogP contribution in [-0.2, 0) is 4.79 Å². The van der Waals surface area contributed by atoms with Gasteiger partial charge in [-0.05, 0) is 54.1 Å². The summed E-state index contributed by atoms with van der Waals surface area (Å²) in [6.45, 7) is 0. The summed E-state index contributed by atoms with van der Waals surface area (Å²) in [6.07, 6.45) is 0. The third kappa shape index (κ3) is 5.22. The number of hydrogen-bond acceptors (Lipinski definition) is 2. The quantitative estimate of drug-likeness (QED) is 0.309. The van der Waals surface area contributed by atoms with Crippen molar-refractivity contribution in [2.75, 3.05) is 10.6 Å². The average Bonchev–Trinajstić information content (AvgIpc) is 3.32. The number of halogens is 6. The Morgan fingerprint density at radius 2 is 1.45 bits per heavy atom. The number of carbonyl (C=O) groups is 2. The molecule has 1 fully saturated rings. The van der Waals surface area contributed by atoms with Crippen LogP contribution in [0.3, 0.4) is 0 Å². The average molecular weight is 563 g/mol. The van der Waals surface area contributed by atoms with Crippen molar-refractivity contribution in [1.82, 2.24) is 0 Å². The van der Waals surface area contributed by atoms with Gasteiger partial charge in [-0.1, -0.05) is 58.5 Å². The normalized spacial score (nSPS) is 18.5. The van der Waals surface area contributed by atoms with Crippen LogP contribution < -0.4 is 10.6 Å². The molecule has 0 radical (unpaired) electrons. The number of benzene rings is 3. The molecule has 0 spiro atoms. The molecule has 2 amide bonds. The molecule has 170 valence electrons. The molecule has 0 saturated heterocycles. The lowest BCUT2D eigenvalue weighted by atomic mass is 10.1. The smallest absolute Gasteiger partial charge is 0.257 e. The van der Waals surface area contributed by atoms with E-state index >= 15 is 0 Å². The van der Waals surface area contributed by atoms with E-state index in [1.165, 1.54) is 12.1 Å². The summed E-state index contributed by atoms with van der Waals surface area (Å²) in [4.78, 5) is 25.7. The van der Waals surface area contributed by atoms with Gasteiger partial charge in [0.05, 0.1) is 27.2 Å². The minimum absolute atomic E-state index is 0.159. The second-order valence-corrected chi connectivity index (χ2v) is 10.6. The molecule has 2 N–H and O–H groups in total. The maximum Gasteiger partial charge on any atom is 0.257 e. The van der Waals surface area contributed by atoms with Gasteiger partial charge in [-0.3, -0.25) is 9.59 Å². The lowest BCUT2D eigenvalue weighted by molar-refractivity contribution is -0.117. The Bertz CT molecular complexity index is 1240. The van der Waals surface area contributed by atoms with Crippen molar-refractivity contribution in [3.05, 3.63) is 91.9 Å². The van der Waals surface area contributed by atoms with Crippen LogP contribution >= 0.6 is 69.6 Å². The summed E-state index contributed by atoms with van der Waals surface area (Å²) in [5.41, 5.74) is 1.61. The van der Waals surface area contributed by atoms with Gasteiger partial charge in [-0.25, -0.2) is 0 Å². The number of para-hydroxylation sites is 1. The van der Waals surface area contributed by atoms with E-state index in [-0.39, 0.29) is 10.6 Å². The van der Waals surface area contributed by atoms with Crippen LogP contribution in [0.15, 0.2) is 60.7 Å². The molecule has 10 heteroatoms. The standard InChI is InChI=1S/C23H14Cl6N2O2/c24-12-7-11(8-13(25)9-12)19-20(23(19,28)29)22(33)30-14-5-6-16(26)15(10-14)21(32)31-18-4-2-1-3-17(18)27/h1-10,19-20H,(H,30,33)(H,31,32)/t19-,20+/m1/s1. The van der Waals surface area contributed by atoms with Crippen LogP contribution in [0.4, 0.5) is 11.4 Å². The highest BCUT2D eigenvalue weighted by molar-refractivity contribution is 6.53. The van der Waals surface area contributed by atoms with Gasteiger partial charge in [0.2, 0.25) is 5.91 Å². The van der Waals surface area contributed by atoms with Crippen LogP contribution in [0, 0.1) is 5.92 Å².